The molecule has 1 heterocycles. The number of esters is 2. The van der Waals surface area contributed by atoms with E-state index in [4.69, 9.17) is 14.2 Å². The molecule has 0 N–H and O–H groups in total. The predicted molar refractivity (Wildman–Crippen MR) is 314 cm³/mol. The van der Waals surface area contributed by atoms with E-state index in [-0.39, 0.29) is 46.2 Å². The molecule has 0 aromatic carbocycles. The van der Waals surface area contributed by atoms with Crippen LogP contribution in [0.5, 0.6) is 0 Å². The van der Waals surface area contributed by atoms with Gasteiger partial charge in [0.05, 0.1) is 0 Å². The van der Waals surface area contributed by atoms with Crippen LogP contribution in [0.3, 0.4) is 0 Å². The van der Waals surface area contributed by atoms with E-state index in [1.165, 1.54) is 143 Å². The number of epoxide rings is 1. The lowest BCUT2D eigenvalue weighted by atomic mass is 9.63. The Kier molecular flexibility index (Phi) is 29.7. The van der Waals surface area contributed by atoms with Gasteiger partial charge in [0.15, 0.2) is 0 Å². The zero-order valence-corrected chi connectivity index (χ0v) is 49.1. The lowest BCUT2D eigenvalue weighted by Crippen LogP contribution is -2.47. The van der Waals surface area contributed by atoms with Crippen molar-refractivity contribution in [1.82, 2.24) is 0 Å². The van der Waals surface area contributed by atoms with Gasteiger partial charge in [0.1, 0.15) is 23.4 Å². The summed E-state index contributed by atoms with van der Waals surface area (Å²) in [7, 11) is 0. The summed E-state index contributed by atoms with van der Waals surface area (Å²) in [6.45, 7) is 26.5. The van der Waals surface area contributed by atoms with Crippen LogP contribution in [0.25, 0.3) is 0 Å². The maximum Gasteiger partial charge on any atom is 0.306 e. The van der Waals surface area contributed by atoms with Gasteiger partial charge in [0, 0.05) is 31.1 Å². The van der Waals surface area contributed by atoms with Crippen LogP contribution in [0, 0.1) is 10.8 Å². The number of carbonyl (C=O) groups excluding carboxylic acids is 2. The average Bonchev–Trinajstić information content (AvgIpc) is 3.95. The van der Waals surface area contributed by atoms with Crippen molar-refractivity contribution in [2.45, 2.75) is 286 Å². The molecule has 2 fully saturated rings. The lowest BCUT2D eigenvalue weighted by Gasteiger charge is -2.40. The second-order valence-corrected chi connectivity index (χ2v) is 24.1. The Morgan fingerprint density at radius 1 is 0.507 bits per heavy atom. The van der Waals surface area contributed by atoms with Crippen molar-refractivity contribution >= 4 is 11.9 Å². The largest absolute Gasteiger partial charge is 0.462 e. The molecule has 5 nitrogen and oxygen atoms in total. The zero-order valence-electron chi connectivity index (χ0n) is 49.1. The summed E-state index contributed by atoms with van der Waals surface area (Å²) in [6.07, 6.45) is 62.4. The van der Waals surface area contributed by atoms with E-state index in [0.29, 0.717) is 12.8 Å². The third kappa shape index (κ3) is 24.2. The lowest BCUT2D eigenvalue weighted by molar-refractivity contribution is -0.153. The fraction of sp³-hybridized carbons (Fsp3) is 0.676. The van der Waals surface area contributed by atoms with Crippen molar-refractivity contribution in [3.8, 4) is 0 Å². The molecule has 5 heteroatoms. The molecule has 1 saturated carbocycles. The minimum absolute atomic E-state index is 0.0270. The van der Waals surface area contributed by atoms with Crippen LogP contribution < -0.4 is 0 Å². The van der Waals surface area contributed by atoms with Gasteiger partial charge >= 0.3 is 11.9 Å². The van der Waals surface area contributed by atoms with Gasteiger partial charge in [0.25, 0.3) is 0 Å². The Labute approximate surface area is 449 Å². The topological polar surface area (TPSA) is 65.1 Å². The average molecular weight is 1010 g/mol. The quantitative estimate of drug-likeness (QED) is 0.0271. The zero-order chi connectivity index (χ0) is 53.6. The van der Waals surface area contributed by atoms with Crippen molar-refractivity contribution in [3.63, 3.8) is 0 Å². The fourth-order valence-electron chi connectivity index (χ4n) is 11.5. The Balaban J connectivity index is 1.36. The Hall–Kier alpha value is -3.70. The first-order valence-electron chi connectivity index (χ1n) is 29.8. The van der Waals surface area contributed by atoms with Crippen LogP contribution in [0.15, 0.2) is 119 Å². The van der Waals surface area contributed by atoms with Crippen molar-refractivity contribution in [2.24, 2.45) is 10.8 Å². The van der Waals surface area contributed by atoms with Gasteiger partial charge in [-0.15, -0.1) is 0 Å². The first kappa shape index (κ1) is 63.6. The standard InChI is InChI=1S/C68H108O5/c1-13-15-17-19-21-23-24-25-26-28-30-31-33-45-63(69)71-60-51-59(7)62(65(8,9)52-60)48-47-57(5)43-37-41-55(3)39-35-36-40-56(4)42-38-44-58(6)49-50-68-66(10,11)53-61(54-67(68,12)73-68)72-64(70)46-34-32-29-27-22-20-18-16-14-2/h35-44,47-50,60-61H,13-34,45-46,51-54H2,1-12H3/b36-35+,41-37+,42-38+,48-47+,50-49+,55-39+,56-40+,57-43+,58-44+/t60-,61+,67-,68+/m1/s1. The molecule has 3 aliphatic rings. The summed E-state index contributed by atoms with van der Waals surface area (Å²) in [4.78, 5) is 25.6. The van der Waals surface area contributed by atoms with E-state index in [0.717, 1.165) is 56.9 Å². The summed E-state index contributed by atoms with van der Waals surface area (Å²) >= 11 is 0. The Morgan fingerprint density at radius 2 is 0.904 bits per heavy atom. The van der Waals surface area contributed by atoms with Gasteiger partial charge in [-0.3, -0.25) is 9.59 Å². The van der Waals surface area contributed by atoms with Crippen molar-refractivity contribution < 1.29 is 23.8 Å². The number of hydrogen-bond acceptors (Lipinski definition) is 5. The molecule has 0 aromatic rings. The summed E-state index contributed by atoms with van der Waals surface area (Å²) in [5.74, 6) is -0.0797. The van der Waals surface area contributed by atoms with Crippen molar-refractivity contribution in [2.75, 3.05) is 0 Å². The van der Waals surface area contributed by atoms with Gasteiger partial charge in [-0.1, -0.05) is 277 Å². The minimum atomic E-state index is -0.354. The second kappa shape index (κ2) is 34.1. The van der Waals surface area contributed by atoms with E-state index in [9.17, 15) is 9.59 Å². The molecule has 0 amide bonds. The number of carbonyl (C=O) groups is 2. The van der Waals surface area contributed by atoms with E-state index >= 15 is 0 Å². The Morgan fingerprint density at radius 3 is 1.34 bits per heavy atom. The number of unbranched alkanes of at least 4 members (excludes halogenated alkanes) is 20. The number of fused-ring (bicyclic) bond motifs is 1. The first-order chi connectivity index (χ1) is 34.9. The minimum Gasteiger partial charge on any atom is -0.462 e. The van der Waals surface area contributed by atoms with Crippen molar-refractivity contribution in [1.29, 1.82) is 0 Å². The fourth-order valence-corrected chi connectivity index (χ4v) is 11.5. The van der Waals surface area contributed by atoms with Gasteiger partial charge in [-0.25, -0.2) is 0 Å². The van der Waals surface area contributed by atoms with Crippen LogP contribution in [-0.2, 0) is 23.8 Å². The molecule has 3 rings (SSSR count). The smallest absolute Gasteiger partial charge is 0.306 e. The number of hydrogen-bond donors (Lipinski definition) is 0. The monoisotopic (exact) mass is 1000 g/mol. The molecule has 4 atom stereocenters. The summed E-state index contributed by atoms with van der Waals surface area (Å²) < 4.78 is 18.6. The third-order valence-electron chi connectivity index (χ3n) is 15.9. The highest BCUT2D eigenvalue weighted by Gasteiger charge is 2.75. The molecular weight excluding hydrogens is 897 g/mol. The highest BCUT2D eigenvalue weighted by molar-refractivity contribution is 5.70. The van der Waals surface area contributed by atoms with Gasteiger partial charge in [-0.2, -0.15) is 0 Å². The summed E-state index contributed by atoms with van der Waals surface area (Å²) in [5, 5.41) is 0. The summed E-state index contributed by atoms with van der Waals surface area (Å²) in [5.41, 5.74) is 6.47. The Bertz CT molecular complexity index is 1970. The predicted octanol–water partition coefficient (Wildman–Crippen LogP) is 20.3. The molecule has 1 aliphatic heterocycles. The van der Waals surface area contributed by atoms with E-state index in [1.54, 1.807) is 0 Å². The molecule has 0 bridgehead atoms. The maximum absolute atomic E-state index is 12.8. The van der Waals surface area contributed by atoms with E-state index < -0.39 is 0 Å². The molecular formula is C68H108O5. The molecule has 0 unspecified atom stereocenters. The number of allylic oxidation sites excluding steroid dienone is 18. The van der Waals surface area contributed by atoms with E-state index in [2.05, 4.69) is 168 Å². The molecule has 0 spiro atoms. The first-order valence-corrected chi connectivity index (χ1v) is 29.8. The molecule has 410 valence electrons. The van der Waals surface area contributed by atoms with Crippen LogP contribution in [0.4, 0.5) is 0 Å². The van der Waals surface area contributed by atoms with Crippen LogP contribution >= 0.6 is 0 Å². The SMILES string of the molecule is CCCCCCCCCCCCCCCC(=O)O[C@@H]1CC(C)=C(/C=C/C(C)=C/C=C/C(C)=C/C=C/C=C(C)/C=C/C=C(C)/C=C/[C@@]23O[C@]2(C)C[C@@H](OC(=O)CCCCCCCCCCC)CC3(C)C)C(C)(C)C1. The van der Waals surface area contributed by atoms with Gasteiger partial charge in [0.2, 0.25) is 0 Å². The molecule has 1 saturated heterocycles. The van der Waals surface area contributed by atoms with Crippen LogP contribution in [-0.4, -0.2) is 35.3 Å². The number of rotatable bonds is 36. The highest BCUT2D eigenvalue weighted by Crippen LogP contribution is 2.66. The normalized spacial score (nSPS) is 23.7. The summed E-state index contributed by atoms with van der Waals surface area (Å²) in [6, 6.07) is 0. The van der Waals surface area contributed by atoms with Gasteiger partial charge < -0.3 is 14.2 Å². The number of ether oxygens (including phenoxy) is 3. The second-order valence-electron chi connectivity index (χ2n) is 24.1. The molecule has 0 aromatic heterocycles. The van der Waals surface area contributed by atoms with Crippen LogP contribution in [0.1, 0.15) is 263 Å². The van der Waals surface area contributed by atoms with Crippen LogP contribution in [0.2, 0.25) is 0 Å². The van der Waals surface area contributed by atoms with E-state index in [1.807, 2.05) is 0 Å². The van der Waals surface area contributed by atoms with Crippen molar-refractivity contribution in [3.05, 3.63) is 119 Å². The third-order valence-corrected chi connectivity index (χ3v) is 15.9. The highest BCUT2D eigenvalue weighted by atomic mass is 16.6. The maximum atomic E-state index is 12.8. The molecule has 73 heavy (non-hydrogen) atoms. The molecule has 0 radical (unpaired) electrons. The van der Waals surface area contributed by atoms with Gasteiger partial charge in [-0.05, 0) is 84.3 Å². The molecule has 2 aliphatic carbocycles.